The van der Waals surface area contributed by atoms with E-state index in [-0.39, 0.29) is 0 Å². The number of benzene rings is 2. The summed E-state index contributed by atoms with van der Waals surface area (Å²) < 4.78 is 5.11. The molecule has 0 spiro atoms. The van der Waals surface area contributed by atoms with Crippen molar-refractivity contribution in [3.05, 3.63) is 71.8 Å². The van der Waals surface area contributed by atoms with Crippen LogP contribution in [0.5, 0.6) is 0 Å². The van der Waals surface area contributed by atoms with E-state index in [0.717, 1.165) is 19.6 Å². The Kier molecular flexibility index (Phi) is 6.45. The molecule has 1 atom stereocenters. The van der Waals surface area contributed by atoms with Crippen molar-refractivity contribution in [3.8, 4) is 0 Å². The zero-order chi connectivity index (χ0) is 14.9. The average Bonchev–Trinajstić information content (AvgIpc) is 2.54. The van der Waals surface area contributed by atoms with Gasteiger partial charge >= 0.3 is 0 Å². The van der Waals surface area contributed by atoms with Gasteiger partial charge in [-0.05, 0) is 31.0 Å². The van der Waals surface area contributed by atoms with Gasteiger partial charge < -0.3 is 10.1 Å². The van der Waals surface area contributed by atoms with E-state index in [1.54, 1.807) is 7.11 Å². The molecule has 0 aliphatic heterocycles. The minimum atomic E-state index is 0.370. The molecule has 2 aromatic rings. The maximum Gasteiger partial charge on any atom is 0.0474 e. The van der Waals surface area contributed by atoms with E-state index in [2.05, 4.69) is 72.9 Å². The van der Waals surface area contributed by atoms with E-state index in [0.29, 0.717) is 12.0 Å². The Bertz CT molecular complexity index is 458. The van der Waals surface area contributed by atoms with Crippen molar-refractivity contribution in [2.45, 2.75) is 25.3 Å². The fraction of sp³-hybridized carbons (Fsp3) is 0.368. The average molecular weight is 283 g/mol. The first kappa shape index (κ1) is 15.7. The van der Waals surface area contributed by atoms with Crippen LogP contribution in [0.1, 0.15) is 30.4 Å². The van der Waals surface area contributed by atoms with Crippen LogP contribution in [-0.4, -0.2) is 26.3 Å². The largest absolute Gasteiger partial charge is 0.385 e. The second-order valence-corrected chi connectivity index (χ2v) is 5.39. The van der Waals surface area contributed by atoms with Gasteiger partial charge in [0.15, 0.2) is 0 Å². The first-order chi connectivity index (χ1) is 10.3. The van der Waals surface area contributed by atoms with Gasteiger partial charge in [0, 0.05) is 25.7 Å². The SMILES string of the molecule is COCCCNC(C)C(c1ccccc1)c1ccccc1. The van der Waals surface area contributed by atoms with Gasteiger partial charge in [-0.3, -0.25) is 0 Å². The molecular weight excluding hydrogens is 258 g/mol. The highest BCUT2D eigenvalue weighted by molar-refractivity contribution is 5.34. The number of hydrogen-bond acceptors (Lipinski definition) is 2. The summed E-state index contributed by atoms with van der Waals surface area (Å²) in [6.07, 6.45) is 1.04. The Hall–Kier alpha value is -1.64. The topological polar surface area (TPSA) is 21.3 Å². The fourth-order valence-electron chi connectivity index (χ4n) is 2.75. The highest BCUT2D eigenvalue weighted by atomic mass is 16.5. The predicted molar refractivity (Wildman–Crippen MR) is 88.7 cm³/mol. The molecule has 0 aliphatic rings. The molecule has 2 aromatic carbocycles. The lowest BCUT2D eigenvalue weighted by Gasteiger charge is -2.26. The molecule has 0 radical (unpaired) electrons. The van der Waals surface area contributed by atoms with Gasteiger partial charge in [0.2, 0.25) is 0 Å². The van der Waals surface area contributed by atoms with Gasteiger partial charge in [0.25, 0.3) is 0 Å². The molecule has 0 aliphatic carbocycles. The molecule has 0 saturated heterocycles. The molecule has 0 bridgehead atoms. The van der Waals surface area contributed by atoms with Crippen molar-refractivity contribution in [2.75, 3.05) is 20.3 Å². The Labute approximate surface area is 128 Å². The Balaban J connectivity index is 2.13. The second kappa shape index (κ2) is 8.60. The zero-order valence-electron chi connectivity index (χ0n) is 13.0. The Morgan fingerprint density at radius 3 is 1.90 bits per heavy atom. The van der Waals surface area contributed by atoms with Gasteiger partial charge in [0.05, 0.1) is 0 Å². The standard InChI is InChI=1S/C19H25NO/c1-16(20-14-9-15-21-2)19(17-10-5-3-6-11-17)18-12-7-4-8-13-18/h3-8,10-13,16,19-20H,9,14-15H2,1-2H3. The van der Waals surface area contributed by atoms with Crippen molar-refractivity contribution in [1.82, 2.24) is 5.32 Å². The number of ether oxygens (including phenoxy) is 1. The molecule has 112 valence electrons. The first-order valence-electron chi connectivity index (χ1n) is 7.65. The van der Waals surface area contributed by atoms with Crippen LogP contribution in [0.15, 0.2) is 60.7 Å². The third-order valence-corrected chi connectivity index (χ3v) is 3.81. The molecule has 1 N–H and O–H groups in total. The molecule has 2 rings (SSSR count). The molecule has 21 heavy (non-hydrogen) atoms. The van der Waals surface area contributed by atoms with E-state index in [1.165, 1.54) is 11.1 Å². The van der Waals surface area contributed by atoms with Crippen LogP contribution >= 0.6 is 0 Å². The molecule has 0 aromatic heterocycles. The van der Waals surface area contributed by atoms with Gasteiger partial charge in [-0.15, -0.1) is 0 Å². The molecular formula is C19H25NO. The monoisotopic (exact) mass is 283 g/mol. The number of rotatable bonds is 8. The number of hydrogen-bond donors (Lipinski definition) is 1. The fourth-order valence-corrected chi connectivity index (χ4v) is 2.75. The summed E-state index contributed by atoms with van der Waals surface area (Å²) in [5.41, 5.74) is 2.71. The smallest absolute Gasteiger partial charge is 0.0474 e. The summed E-state index contributed by atoms with van der Waals surface area (Å²) in [7, 11) is 1.75. The first-order valence-corrected chi connectivity index (χ1v) is 7.65. The number of nitrogens with one attached hydrogen (secondary N) is 1. The second-order valence-electron chi connectivity index (χ2n) is 5.39. The highest BCUT2D eigenvalue weighted by Gasteiger charge is 2.20. The van der Waals surface area contributed by atoms with Crippen LogP contribution in [-0.2, 0) is 4.74 Å². The van der Waals surface area contributed by atoms with Crippen LogP contribution in [0.2, 0.25) is 0 Å². The van der Waals surface area contributed by atoms with Crippen molar-refractivity contribution in [3.63, 3.8) is 0 Å². The van der Waals surface area contributed by atoms with E-state index in [9.17, 15) is 0 Å². The van der Waals surface area contributed by atoms with Crippen LogP contribution in [0.4, 0.5) is 0 Å². The van der Waals surface area contributed by atoms with Crippen LogP contribution < -0.4 is 5.32 Å². The Morgan fingerprint density at radius 2 is 1.43 bits per heavy atom. The normalized spacial score (nSPS) is 12.5. The summed E-state index contributed by atoms with van der Waals surface area (Å²) in [6.45, 7) is 4.05. The van der Waals surface area contributed by atoms with Crippen molar-refractivity contribution < 1.29 is 4.74 Å². The van der Waals surface area contributed by atoms with E-state index < -0.39 is 0 Å². The molecule has 0 heterocycles. The van der Waals surface area contributed by atoms with Gasteiger partial charge in [0.1, 0.15) is 0 Å². The van der Waals surface area contributed by atoms with E-state index in [4.69, 9.17) is 4.74 Å². The van der Waals surface area contributed by atoms with Gasteiger partial charge in [-0.2, -0.15) is 0 Å². The maximum absolute atomic E-state index is 5.11. The van der Waals surface area contributed by atoms with E-state index >= 15 is 0 Å². The lowest BCUT2D eigenvalue weighted by molar-refractivity contribution is 0.193. The zero-order valence-corrected chi connectivity index (χ0v) is 13.0. The minimum Gasteiger partial charge on any atom is -0.385 e. The third-order valence-electron chi connectivity index (χ3n) is 3.81. The molecule has 0 fully saturated rings. The van der Waals surface area contributed by atoms with Crippen molar-refractivity contribution in [1.29, 1.82) is 0 Å². The minimum absolute atomic E-state index is 0.370. The van der Waals surface area contributed by atoms with E-state index in [1.807, 2.05) is 0 Å². The predicted octanol–water partition coefficient (Wildman–Crippen LogP) is 3.83. The van der Waals surface area contributed by atoms with Crippen LogP contribution in [0.3, 0.4) is 0 Å². The highest BCUT2D eigenvalue weighted by Crippen LogP contribution is 2.27. The Morgan fingerprint density at radius 1 is 0.905 bits per heavy atom. The van der Waals surface area contributed by atoms with Crippen molar-refractivity contribution >= 4 is 0 Å². The summed E-state index contributed by atoms with van der Waals surface area (Å²) in [6, 6.07) is 21.8. The third kappa shape index (κ3) is 4.69. The maximum atomic E-state index is 5.11. The molecule has 2 nitrogen and oxygen atoms in total. The molecule has 0 saturated carbocycles. The quantitative estimate of drug-likeness (QED) is 0.743. The molecule has 1 unspecified atom stereocenters. The summed E-state index contributed by atoms with van der Waals surface area (Å²) in [5.74, 6) is 0.370. The summed E-state index contributed by atoms with van der Waals surface area (Å²) in [4.78, 5) is 0. The van der Waals surface area contributed by atoms with Crippen LogP contribution in [0, 0.1) is 0 Å². The lowest BCUT2D eigenvalue weighted by atomic mass is 9.86. The lowest BCUT2D eigenvalue weighted by Crippen LogP contribution is -2.34. The van der Waals surface area contributed by atoms with Gasteiger partial charge in [-0.25, -0.2) is 0 Å². The summed E-state index contributed by atoms with van der Waals surface area (Å²) >= 11 is 0. The van der Waals surface area contributed by atoms with Gasteiger partial charge in [-0.1, -0.05) is 60.7 Å². The van der Waals surface area contributed by atoms with Crippen LogP contribution in [0.25, 0.3) is 0 Å². The molecule has 2 heteroatoms. The number of methoxy groups -OCH3 is 1. The molecule has 0 amide bonds. The summed E-state index contributed by atoms with van der Waals surface area (Å²) in [5, 5.41) is 3.63. The van der Waals surface area contributed by atoms with Crippen molar-refractivity contribution in [2.24, 2.45) is 0 Å².